The number of rotatable bonds is 4. The minimum absolute atomic E-state index is 0.00598. The van der Waals surface area contributed by atoms with Crippen molar-refractivity contribution in [2.45, 2.75) is 51.0 Å². The Bertz CT molecular complexity index is 572. The molecule has 2 heteroatoms. The number of benzene rings is 1. The molecule has 0 radical (unpaired) electrons. The first kappa shape index (κ1) is 13.4. The molecule has 1 aromatic carbocycles. The van der Waals surface area contributed by atoms with Crippen LogP contribution in [0, 0.1) is 0 Å². The lowest BCUT2D eigenvalue weighted by Crippen LogP contribution is -2.17. The van der Waals surface area contributed by atoms with Crippen molar-refractivity contribution in [3.05, 3.63) is 59.0 Å². The number of hydrogen-bond acceptors (Lipinski definition) is 2. The van der Waals surface area contributed by atoms with Gasteiger partial charge in [0.2, 0.25) is 0 Å². The van der Waals surface area contributed by atoms with Gasteiger partial charge in [-0.1, -0.05) is 31.2 Å². The van der Waals surface area contributed by atoms with Crippen molar-refractivity contribution in [2.75, 3.05) is 0 Å². The van der Waals surface area contributed by atoms with E-state index in [1.54, 1.807) is 0 Å². The van der Waals surface area contributed by atoms with Crippen molar-refractivity contribution in [3.63, 3.8) is 0 Å². The van der Waals surface area contributed by atoms with Gasteiger partial charge in [0.1, 0.15) is 11.5 Å². The van der Waals surface area contributed by atoms with Gasteiger partial charge in [0.15, 0.2) is 0 Å². The largest absolute Gasteiger partial charge is 0.464 e. The Morgan fingerprint density at radius 2 is 2.10 bits per heavy atom. The molecule has 0 fully saturated rings. The molecule has 1 aliphatic carbocycles. The summed E-state index contributed by atoms with van der Waals surface area (Å²) in [6, 6.07) is 12.9. The van der Waals surface area contributed by atoms with Gasteiger partial charge in [-0.25, -0.2) is 0 Å². The SMILES string of the molecule is CCc1ccc(C(N)CC2CCCc3ccccc32)o1. The molecule has 2 atom stereocenters. The highest BCUT2D eigenvalue weighted by Crippen LogP contribution is 2.37. The second-order valence-electron chi connectivity index (χ2n) is 5.79. The van der Waals surface area contributed by atoms with Crippen molar-refractivity contribution >= 4 is 0 Å². The lowest BCUT2D eigenvalue weighted by molar-refractivity contribution is 0.394. The molecular weight excluding hydrogens is 246 g/mol. The maximum atomic E-state index is 6.36. The molecule has 1 heterocycles. The highest BCUT2D eigenvalue weighted by Gasteiger charge is 2.23. The first-order chi connectivity index (χ1) is 9.78. The van der Waals surface area contributed by atoms with E-state index in [4.69, 9.17) is 10.2 Å². The van der Waals surface area contributed by atoms with Crippen LogP contribution in [0.2, 0.25) is 0 Å². The summed E-state index contributed by atoms with van der Waals surface area (Å²) in [5.74, 6) is 2.54. The summed E-state index contributed by atoms with van der Waals surface area (Å²) in [5.41, 5.74) is 9.36. The third-order valence-corrected chi connectivity index (χ3v) is 4.43. The lowest BCUT2D eigenvalue weighted by atomic mass is 9.79. The number of fused-ring (bicyclic) bond motifs is 1. The summed E-state index contributed by atoms with van der Waals surface area (Å²) in [7, 11) is 0. The van der Waals surface area contributed by atoms with Gasteiger partial charge in [-0.05, 0) is 54.9 Å². The Labute approximate surface area is 121 Å². The molecule has 0 amide bonds. The molecule has 0 aliphatic heterocycles. The average Bonchev–Trinajstić information content (AvgIpc) is 2.97. The van der Waals surface area contributed by atoms with Crippen molar-refractivity contribution in [2.24, 2.45) is 5.73 Å². The molecule has 2 nitrogen and oxygen atoms in total. The molecule has 106 valence electrons. The second-order valence-corrected chi connectivity index (χ2v) is 5.79. The van der Waals surface area contributed by atoms with Crippen LogP contribution in [0.5, 0.6) is 0 Å². The van der Waals surface area contributed by atoms with Crippen LogP contribution in [0.15, 0.2) is 40.8 Å². The van der Waals surface area contributed by atoms with E-state index < -0.39 is 0 Å². The van der Waals surface area contributed by atoms with E-state index in [1.807, 2.05) is 12.1 Å². The first-order valence-electron chi connectivity index (χ1n) is 7.70. The molecule has 2 N–H and O–H groups in total. The highest BCUT2D eigenvalue weighted by atomic mass is 16.3. The van der Waals surface area contributed by atoms with Crippen LogP contribution in [0.4, 0.5) is 0 Å². The van der Waals surface area contributed by atoms with Crippen molar-refractivity contribution in [3.8, 4) is 0 Å². The normalized spacial score (nSPS) is 19.6. The number of aryl methyl sites for hydroxylation is 2. The zero-order valence-electron chi connectivity index (χ0n) is 12.1. The Morgan fingerprint density at radius 1 is 1.25 bits per heavy atom. The molecule has 0 spiro atoms. The van der Waals surface area contributed by atoms with Gasteiger partial charge in [0.25, 0.3) is 0 Å². The fourth-order valence-electron chi connectivity index (χ4n) is 3.31. The predicted octanol–water partition coefficient (Wildman–Crippen LogP) is 4.35. The summed E-state index contributed by atoms with van der Waals surface area (Å²) >= 11 is 0. The van der Waals surface area contributed by atoms with E-state index in [2.05, 4.69) is 31.2 Å². The summed E-state index contributed by atoms with van der Waals surface area (Å²) in [5, 5.41) is 0. The Balaban J connectivity index is 1.75. The standard InChI is InChI=1S/C18H23NO/c1-2-15-10-11-18(20-15)17(19)12-14-8-5-7-13-6-3-4-9-16(13)14/h3-4,6,9-11,14,17H,2,5,7-8,12,19H2,1H3. The van der Waals surface area contributed by atoms with E-state index in [-0.39, 0.29) is 6.04 Å². The Morgan fingerprint density at radius 3 is 2.90 bits per heavy atom. The summed E-state index contributed by atoms with van der Waals surface area (Å²) in [6.45, 7) is 2.10. The first-order valence-corrected chi connectivity index (χ1v) is 7.70. The summed E-state index contributed by atoms with van der Waals surface area (Å²) < 4.78 is 5.80. The molecule has 0 bridgehead atoms. The van der Waals surface area contributed by atoms with Crippen molar-refractivity contribution in [1.82, 2.24) is 0 Å². The van der Waals surface area contributed by atoms with Crippen LogP contribution < -0.4 is 5.73 Å². The van der Waals surface area contributed by atoms with E-state index in [9.17, 15) is 0 Å². The molecule has 3 rings (SSSR count). The van der Waals surface area contributed by atoms with Crippen molar-refractivity contribution in [1.29, 1.82) is 0 Å². The number of furan rings is 1. The van der Waals surface area contributed by atoms with E-state index >= 15 is 0 Å². The van der Waals surface area contributed by atoms with Gasteiger partial charge < -0.3 is 10.2 Å². The van der Waals surface area contributed by atoms with Gasteiger partial charge in [-0.15, -0.1) is 0 Å². The molecule has 0 saturated heterocycles. The van der Waals surface area contributed by atoms with Crippen molar-refractivity contribution < 1.29 is 4.42 Å². The highest BCUT2D eigenvalue weighted by molar-refractivity contribution is 5.33. The van der Waals surface area contributed by atoms with Gasteiger partial charge in [0, 0.05) is 6.42 Å². The van der Waals surface area contributed by atoms with Crippen LogP contribution in [0.25, 0.3) is 0 Å². The molecule has 2 aromatic rings. The quantitative estimate of drug-likeness (QED) is 0.896. The molecule has 0 saturated carbocycles. The zero-order chi connectivity index (χ0) is 13.9. The van der Waals surface area contributed by atoms with Gasteiger partial charge in [-0.2, -0.15) is 0 Å². The molecule has 2 unspecified atom stereocenters. The maximum Gasteiger partial charge on any atom is 0.120 e. The summed E-state index contributed by atoms with van der Waals surface area (Å²) in [4.78, 5) is 0. The fraction of sp³-hybridized carbons (Fsp3) is 0.444. The fourth-order valence-corrected chi connectivity index (χ4v) is 3.31. The van der Waals surface area contributed by atoms with Crippen LogP contribution in [0.3, 0.4) is 0 Å². The topological polar surface area (TPSA) is 39.2 Å². The second kappa shape index (κ2) is 5.84. The maximum absolute atomic E-state index is 6.36. The molecule has 1 aromatic heterocycles. The molecule has 1 aliphatic rings. The minimum atomic E-state index is 0.00598. The monoisotopic (exact) mass is 269 g/mol. The zero-order valence-corrected chi connectivity index (χ0v) is 12.1. The molecular formula is C18H23NO. The third-order valence-electron chi connectivity index (χ3n) is 4.43. The van der Waals surface area contributed by atoms with E-state index in [0.717, 1.165) is 24.4 Å². The Kier molecular flexibility index (Phi) is 3.93. The molecule has 20 heavy (non-hydrogen) atoms. The van der Waals surface area contributed by atoms with Crippen LogP contribution in [-0.4, -0.2) is 0 Å². The number of nitrogens with two attached hydrogens (primary N) is 1. The van der Waals surface area contributed by atoms with E-state index in [0.29, 0.717) is 5.92 Å². The van der Waals surface area contributed by atoms with Crippen LogP contribution in [0.1, 0.15) is 60.8 Å². The lowest BCUT2D eigenvalue weighted by Gasteiger charge is -2.27. The minimum Gasteiger partial charge on any atom is -0.464 e. The van der Waals surface area contributed by atoms with Crippen LogP contribution >= 0.6 is 0 Å². The third kappa shape index (κ3) is 2.66. The van der Waals surface area contributed by atoms with Crippen LogP contribution in [-0.2, 0) is 12.8 Å². The summed E-state index contributed by atoms with van der Waals surface area (Å²) in [6.07, 6.45) is 5.63. The average molecular weight is 269 g/mol. The predicted molar refractivity (Wildman–Crippen MR) is 81.8 cm³/mol. The van der Waals surface area contributed by atoms with Gasteiger partial charge in [-0.3, -0.25) is 0 Å². The smallest absolute Gasteiger partial charge is 0.120 e. The van der Waals surface area contributed by atoms with Gasteiger partial charge >= 0.3 is 0 Å². The van der Waals surface area contributed by atoms with Gasteiger partial charge in [0.05, 0.1) is 6.04 Å². The Hall–Kier alpha value is -1.54. The number of hydrogen-bond donors (Lipinski definition) is 1. The van der Waals surface area contributed by atoms with E-state index in [1.165, 1.54) is 30.4 Å².